The lowest BCUT2D eigenvalue weighted by Gasteiger charge is -2.29. The van der Waals surface area contributed by atoms with Gasteiger partial charge in [0.2, 0.25) is 0 Å². The standard InChI is InChI=1S/C60H38N2OS/c1-2-15-39(16-3-1)41-17-14-18-44(37-41)62(52-24-9-4-19-45(52)42-31-36-58-51(38-42)49-22-8-13-28-57(49)64-58)55-35-34-46(60-59(55)50-23-7-12-27-56(50)63-60)40-29-32-43(33-30-40)61-53-25-10-5-20-47(53)48-21-6-11-26-54(48)61/h1-38H. The largest absolute Gasteiger partial charge is 0.455 e. The molecule has 3 nitrogen and oxygen atoms in total. The quantitative estimate of drug-likeness (QED) is 0.159. The van der Waals surface area contributed by atoms with Crippen molar-refractivity contribution in [1.82, 2.24) is 4.57 Å². The second-order valence-electron chi connectivity index (χ2n) is 16.4. The lowest BCUT2D eigenvalue weighted by molar-refractivity contribution is 0.670. The van der Waals surface area contributed by atoms with Gasteiger partial charge >= 0.3 is 0 Å². The first-order valence-electron chi connectivity index (χ1n) is 21.7. The van der Waals surface area contributed by atoms with Gasteiger partial charge in [-0.05, 0) is 101 Å². The van der Waals surface area contributed by atoms with Crippen LogP contribution in [0.1, 0.15) is 0 Å². The molecule has 300 valence electrons. The molecule has 0 aliphatic heterocycles. The summed E-state index contributed by atoms with van der Waals surface area (Å²) in [6.45, 7) is 0. The Bertz CT molecular complexity index is 3860. The minimum Gasteiger partial charge on any atom is -0.455 e. The van der Waals surface area contributed by atoms with E-state index in [0.29, 0.717) is 0 Å². The molecule has 0 atom stereocenters. The van der Waals surface area contributed by atoms with Crippen molar-refractivity contribution >= 4 is 92.3 Å². The Morgan fingerprint density at radius 1 is 0.375 bits per heavy atom. The summed E-state index contributed by atoms with van der Waals surface area (Å²) in [4.78, 5) is 2.44. The first kappa shape index (κ1) is 36.5. The van der Waals surface area contributed by atoms with Crippen molar-refractivity contribution in [3.8, 4) is 39.1 Å². The molecule has 13 aromatic rings. The first-order valence-corrected chi connectivity index (χ1v) is 22.6. The summed E-state index contributed by atoms with van der Waals surface area (Å²) in [5, 5.41) is 7.22. The Labute approximate surface area is 373 Å². The van der Waals surface area contributed by atoms with Crippen LogP contribution in [0, 0.1) is 0 Å². The fourth-order valence-electron chi connectivity index (χ4n) is 9.88. The van der Waals surface area contributed by atoms with E-state index in [2.05, 4.69) is 240 Å². The number of nitrogens with zero attached hydrogens (tertiary/aromatic N) is 2. The Balaban J connectivity index is 1.02. The van der Waals surface area contributed by atoms with Gasteiger partial charge in [0.1, 0.15) is 11.2 Å². The van der Waals surface area contributed by atoms with Crippen LogP contribution < -0.4 is 4.90 Å². The third kappa shape index (κ3) is 5.81. The zero-order valence-electron chi connectivity index (χ0n) is 34.7. The van der Waals surface area contributed by atoms with Crippen LogP contribution in [0.25, 0.3) is 103 Å². The normalized spacial score (nSPS) is 11.8. The molecular weight excluding hydrogens is 797 g/mol. The van der Waals surface area contributed by atoms with Crippen molar-refractivity contribution in [3.63, 3.8) is 0 Å². The van der Waals surface area contributed by atoms with Crippen LogP contribution in [-0.4, -0.2) is 4.57 Å². The summed E-state index contributed by atoms with van der Waals surface area (Å²) in [7, 11) is 0. The number of hydrogen-bond acceptors (Lipinski definition) is 3. The minimum absolute atomic E-state index is 0.856. The Morgan fingerprint density at radius 3 is 1.83 bits per heavy atom. The highest BCUT2D eigenvalue weighted by Crippen LogP contribution is 2.49. The fraction of sp³-hybridized carbons (Fsp3) is 0. The van der Waals surface area contributed by atoms with Gasteiger partial charge in [-0.25, -0.2) is 0 Å². The van der Waals surface area contributed by atoms with E-state index in [1.807, 2.05) is 11.3 Å². The molecule has 3 aromatic heterocycles. The predicted molar refractivity (Wildman–Crippen MR) is 272 cm³/mol. The molecule has 0 fully saturated rings. The van der Waals surface area contributed by atoms with E-state index in [4.69, 9.17) is 4.42 Å². The SMILES string of the molecule is c1ccc(-c2cccc(N(c3ccccc3-c3ccc4sc5ccccc5c4c3)c3ccc(-c4ccc(-n5c6ccccc6c6ccccc65)cc4)c4oc5ccccc5c34)c2)cc1. The summed E-state index contributed by atoms with van der Waals surface area (Å²) < 4.78 is 11.9. The number of fused-ring (bicyclic) bond motifs is 9. The molecule has 0 spiro atoms. The van der Waals surface area contributed by atoms with Crippen molar-refractivity contribution in [3.05, 3.63) is 231 Å². The molecule has 0 saturated carbocycles. The number of furan rings is 1. The molecule has 0 radical (unpaired) electrons. The van der Waals surface area contributed by atoms with Crippen LogP contribution >= 0.6 is 11.3 Å². The van der Waals surface area contributed by atoms with Gasteiger partial charge in [0.05, 0.1) is 27.8 Å². The smallest absolute Gasteiger partial charge is 0.145 e. The topological polar surface area (TPSA) is 21.3 Å². The molecule has 13 rings (SSSR count). The van der Waals surface area contributed by atoms with E-state index in [-0.39, 0.29) is 0 Å². The number of para-hydroxylation sites is 4. The van der Waals surface area contributed by atoms with Crippen LogP contribution in [0.3, 0.4) is 0 Å². The van der Waals surface area contributed by atoms with E-state index < -0.39 is 0 Å². The van der Waals surface area contributed by atoms with Gasteiger partial charge in [0.25, 0.3) is 0 Å². The van der Waals surface area contributed by atoms with Crippen LogP contribution in [0.5, 0.6) is 0 Å². The zero-order chi connectivity index (χ0) is 42.1. The molecule has 0 amide bonds. The van der Waals surface area contributed by atoms with Crippen molar-refractivity contribution in [2.45, 2.75) is 0 Å². The first-order chi connectivity index (χ1) is 31.7. The average Bonchev–Trinajstić information content (AvgIpc) is 4.05. The van der Waals surface area contributed by atoms with Gasteiger partial charge in [-0.15, -0.1) is 11.3 Å². The second kappa shape index (κ2) is 14.7. The van der Waals surface area contributed by atoms with Crippen molar-refractivity contribution in [2.75, 3.05) is 4.90 Å². The van der Waals surface area contributed by atoms with E-state index in [9.17, 15) is 0 Å². The van der Waals surface area contributed by atoms with Gasteiger partial charge in [-0.2, -0.15) is 0 Å². The Hall–Kier alpha value is -8.18. The molecule has 10 aromatic carbocycles. The molecule has 0 unspecified atom stereocenters. The van der Waals surface area contributed by atoms with E-state index in [1.54, 1.807) is 0 Å². The number of hydrogen-bond donors (Lipinski definition) is 0. The summed E-state index contributed by atoms with van der Waals surface area (Å²) in [6.07, 6.45) is 0. The highest BCUT2D eigenvalue weighted by atomic mass is 32.1. The molecular formula is C60H38N2OS. The lowest BCUT2D eigenvalue weighted by atomic mass is 9.97. The second-order valence-corrected chi connectivity index (χ2v) is 17.5. The average molecular weight is 835 g/mol. The van der Waals surface area contributed by atoms with Gasteiger partial charge < -0.3 is 13.9 Å². The van der Waals surface area contributed by atoms with E-state index in [1.165, 1.54) is 53.1 Å². The molecule has 0 bridgehead atoms. The van der Waals surface area contributed by atoms with Gasteiger partial charge in [-0.3, -0.25) is 0 Å². The number of benzene rings is 10. The van der Waals surface area contributed by atoms with Crippen molar-refractivity contribution in [1.29, 1.82) is 0 Å². The summed E-state index contributed by atoms with van der Waals surface area (Å²) >= 11 is 1.85. The zero-order valence-corrected chi connectivity index (χ0v) is 35.5. The highest BCUT2D eigenvalue weighted by molar-refractivity contribution is 7.25. The third-order valence-corrected chi connectivity index (χ3v) is 14.0. The number of rotatable bonds is 7. The molecule has 0 saturated heterocycles. The lowest BCUT2D eigenvalue weighted by Crippen LogP contribution is -2.12. The van der Waals surface area contributed by atoms with Crippen LogP contribution in [-0.2, 0) is 0 Å². The molecule has 0 aliphatic carbocycles. The number of anilines is 3. The predicted octanol–water partition coefficient (Wildman–Crippen LogP) is 17.5. The van der Waals surface area contributed by atoms with Gasteiger partial charge in [0, 0.05) is 58.8 Å². The van der Waals surface area contributed by atoms with Gasteiger partial charge in [0.15, 0.2) is 0 Å². The van der Waals surface area contributed by atoms with Gasteiger partial charge in [-0.1, -0.05) is 152 Å². The maximum absolute atomic E-state index is 6.98. The van der Waals surface area contributed by atoms with E-state index in [0.717, 1.165) is 66.9 Å². The monoisotopic (exact) mass is 834 g/mol. The molecule has 4 heteroatoms. The summed E-state index contributed by atoms with van der Waals surface area (Å²) in [5.74, 6) is 0. The molecule has 0 N–H and O–H groups in total. The fourth-order valence-corrected chi connectivity index (χ4v) is 11.0. The minimum atomic E-state index is 0.856. The number of thiophene rings is 1. The van der Waals surface area contributed by atoms with E-state index >= 15 is 0 Å². The van der Waals surface area contributed by atoms with Crippen molar-refractivity contribution < 1.29 is 4.42 Å². The maximum Gasteiger partial charge on any atom is 0.145 e. The summed E-state index contributed by atoms with van der Waals surface area (Å²) in [6, 6.07) is 83.4. The number of aromatic nitrogens is 1. The molecule has 64 heavy (non-hydrogen) atoms. The molecule has 3 heterocycles. The Kier molecular flexibility index (Phi) is 8.40. The van der Waals surface area contributed by atoms with Crippen LogP contribution in [0.15, 0.2) is 235 Å². The third-order valence-electron chi connectivity index (χ3n) is 12.8. The Morgan fingerprint density at radius 2 is 1.02 bits per heavy atom. The van der Waals surface area contributed by atoms with Crippen LogP contribution in [0.2, 0.25) is 0 Å². The highest BCUT2D eigenvalue weighted by Gasteiger charge is 2.25. The van der Waals surface area contributed by atoms with Crippen molar-refractivity contribution in [2.24, 2.45) is 0 Å². The maximum atomic E-state index is 6.98. The molecule has 0 aliphatic rings. The van der Waals surface area contributed by atoms with Crippen LogP contribution in [0.4, 0.5) is 17.1 Å². The summed E-state index contributed by atoms with van der Waals surface area (Å²) in [5.41, 5.74) is 15.2.